The lowest BCUT2D eigenvalue weighted by Crippen LogP contribution is -2.38. The van der Waals surface area contributed by atoms with E-state index in [0.29, 0.717) is 17.9 Å². The number of carbonyl (C=O) groups is 1. The largest absolute Gasteiger partial charge is 0.496 e. The normalized spacial score (nSPS) is 10.9. The zero-order chi connectivity index (χ0) is 20.5. The Morgan fingerprint density at radius 2 is 2.00 bits per heavy atom. The summed E-state index contributed by atoms with van der Waals surface area (Å²) in [6.07, 6.45) is 0.853. The second-order valence-corrected chi connectivity index (χ2v) is 7.44. The van der Waals surface area contributed by atoms with Crippen molar-refractivity contribution in [3.8, 4) is 5.75 Å². The van der Waals surface area contributed by atoms with Crippen LogP contribution in [0.4, 0.5) is 0 Å². The quantitative estimate of drug-likeness (QED) is 0.235. The van der Waals surface area contributed by atoms with E-state index in [-0.39, 0.29) is 24.0 Å². The van der Waals surface area contributed by atoms with Crippen molar-refractivity contribution in [3.05, 3.63) is 44.9 Å². The minimum absolute atomic E-state index is 0. The second kappa shape index (κ2) is 12.6. The highest BCUT2D eigenvalue weighted by Crippen LogP contribution is 2.21. The first-order valence-electron chi connectivity index (χ1n) is 9.18. The van der Waals surface area contributed by atoms with Gasteiger partial charge in [-0.15, -0.1) is 35.3 Å². The average Bonchev–Trinajstić information content (AvgIpc) is 3.02. The predicted molar refractivity (Wildman–Crippen MR) is 128 cm³/mol. The van der Waals surface area contributed by atoms with Crippen LogP contribution in [-0.2, 0) is 17.7 Å². The average molecular weight is 532 g/mol. The Balaban J connectivity index is 0.00000420. The summed E-state index contributed by atoms with van der Waals surface area (Å²) in [5.74, 6) is 0.796. The fraction of sp³-hybridized carbons (Fsp3) is 0.450. The van der Waals surface area contributed by atoms with Gasteiger partial charge in [0.2, 0.25) is 0 Å². The molecule has 7 nitrogen and oxygen atoms in total. The predicted octanol–water partition coefficient (Wildman–Crippen LogP) is 3.47. The molecule has 1 aromatic heterocycles. The highest BCUT2D eigenvalue weighted by molar-refractivity contribution is 14.0. The lowest BCUT2D eigenvalue weighted by Gasteiger charge is -2.11. The van der Waals surface area contributed by atoms with Crippen molar-refractivity contribution in [3.63, 3.8) is 0 Å². The Morgan fingerprint density at radius 1 is 1.24 bits per heavy atom. The maximum Gasteiger partial charge on any atom is 0.341 e. The van der Waals surface area contributed by atoms with E-state index < -0.39 is 5.97 Å². The van der Waals surface area contributed by atoms with Gasteiger partial charge < -0.3 is 20.1 Å². The molecule has 1 heterocycles. The third kappa shape index (κ3) is 7.46. The summed E-state index contributed by atoms with van der Waals surface area (Å²) in [5, 5.41) is 7.70. The number of halogens is 1. The fourth-order valence-electron chi connectivity index (χ4n) is 2.56. The van der Waals surface area contributed by atoms with Gasteiger partial charge in [0.15, 0.2) is 5.96 Å². The molecular formula is C20H29IN4O3S. The molecule has 0 bridgehead atoms. The van der Waals surface area contributed by atoms with Crippen molar-refractivity contribution >= 4 is 47.2 Å². The molecule has 0 aliphatic heterocycles. The van der Waals surface area contributed by atoms with Crippen LogP contribution in [0, 0.1) is 13.8 Å². The molecule has 0 saturated carbocycles. The summed E-state index contributed by atoms with van der Waals surface area (Å²) < 4.78 is 10.1. The van der Waals surface area contributed by atoms with Crippen LogP contribution in [0.2, 0.25) is 0 Å². The minimum Gasteiger partial charge on any atom is -0.496 e. The topological polar surface area (TPSA) is 84.8 Å². The molecule has 29 heavy (non-hydrogen) atoms. The summed E-state index contributed by atoms with van der Waals surface area (Å²) in [6, 6.07) is 5.35. The summed E-state index contributed by atoms with van der Waals surface area (Å²) in [4.78, 5) is 22.2. The van der Waals surface area contributed by atoms with Gasteiger partial charge in [0.05, 0.1) is 31.5 Å². The Morgan fingerprint density at radius 3 is 2.59 bits per heavy atom. The monoisotopic (exact) mass is 532 g/mol. The highest BCUT2D eigenvalue weighted by atomic mass is 127. The molecule has 0 radical (unpaired) electrons. The van der Waals surface area contributed by atoms with E-state index in [0.717, 1.165) is 41.7 Å². The van der Waals surface area contributed by atoms with Crippen LogP contribution in [0.1, 0.15) is 38.4 Å². The lowest BCUT2D eigenvalue weighted by atomic mass is 10.1. The van der Waals surface area contributed by atoms with Crippen LogP contribution in [-0.4, -0.2) is 44.2 Å². The van der Waals surface area contributed by atoms with Crippen LogP contribution in [0.25, 0.3) is 0 Å². The van der Waals surface area contributed by atoms with Crippen LogP contribution in [0.5, 0.6) is 5.75 Å². The highest BCUT2D eigenvalue weighted by Gasteiger charge is 2.13. The number of nitrogens with one attached hydrogen (secondary N) is 2. The lowest BCUT2D eigenvalue weighted by molar-refractivity contribution is 0.0597. The SMILES string of the molecule is CCNC(=NCc1ccc(C(=O)OC)c(OC)c1)NCCc1nc(C)c(C)s1.I. The van der Waals surface area contributed by atoms with E-state index in [4.69, 9.17) is 9.47 Å². The van der Waals surface area contributed by atoms with Gasteiger partial charge in [-0.2, -0.15) is 0 Å². The Hall–Kier alpha value is -1.88. The van der Waals surface area contributed by atoms with Crippen LogP contribution >= 0.6 is 35.3 Å². The molecule has 2 rings (SSSR count). The van der Waals surface area contributed by atoms with E-state index >= 15 is 0 Å². The summed E-state index contributed by atoms with van der Waals surface area (Å²) >= 11 is 1.74. The number of hydrogen-bond donors (Lipinski definition) is 2. The van der Waals surface area contributed by atoms with Gasteiger partial charge in [0, 0.05) is 24.4 Å². The van der Waals surface area contributed by atoms with Crippen molar-refractivity contribution in [2.24, 2.45) is 4.99 Å². The van der Waals surface area contributed by atoms with E-state index in [1.54, 1.807) is 23.5 Å². The number of ether oxygens (including phenoxy) is 2. The standard InChI is InChI=1S/C20H28N4O3S.HI/c1-6-21-20(22-10-9-18-24-13(2)14(3)28-18)23-12-15-7-8-16(19(25)27-5)17(11-15)26-4;/h7-8,11H,6,9-10,12H2,1-5H3,(H2,21,22,23);1H. The number of nitrogens with zero attached hydrogens (tertiary/aromatic N) is 2. The molecule has 1 aromatic carbocycles. The Labute approximate surface area is 193 Å². The first-order chi connectivity index (χ1) is 13.5. The van der Waals surface area contributed by atoms with Crippen molar-refractivity contribution in [1.29, 1.82) is 0 Å². The molecule has 2 aromatic rings. The maximum atomic E-state index is 11.8. The third-order valence-electron chi connectivity index (χ3n) is 4.14. The number of guanidine groups is 1. The van der Waals surface area contributed by atoms with Gasteiger partial charge >= 0.3 is 5.97 Å². The number of rotatable bonds is 8. The first-order valence-corrected chi connectivity index (χ1v) is 10.0. The molecule has 0 unspecified atom stereocenters. The van der Waals surface area contributed by atoms with Crippen molar-refractivity contribution < 1.29 is 14.3 Å². The number of aliphatic imine (C=N–C) groups is 1. The van der Waals surface area contributed by atoms with Gasteiger partial charge in [-0.3, -0.25) is 0 Å². The van der Waals surface area contributed by atoms with Crippen molar-refractivity contribution in [1.82, 2.24) is 15.6 Å². The number of carbonyl (C=O) groups excluding carboxylic acids is 1. The minimum atomic E-state index is -0.422. The summed E-state index contributed by atoms with van der Waals surface area (Å²) in [7, 11) is 2.88. The maximum absolute atomic E-state index is 11.8. The zero-order valence-corrected chi connectivity index (χ0v) is 20.6. The Kier molecular flexibility index (Phi) is 11.0. The zero-order valence-electron chi connectivity index (χ0n) is 17.5. The number of benzene rings is 1. The van der Waals surface area contributed by atoms with Gasteiger partial charge in [0.25, 0.3) is 0 Å². The molecule has 2 N–H and O–H groups in total. The molecule has 160 valence electrons. The van der Waals surface area contributed by atoms with Gasteiger partial charge in [-0.1, -0.05) is 6.07 Å². The Bertz CT molecular complexity index is 820. The molecule has 0 saturated heterocycles. The molecule has 0 fully saturated rings. The van der Waals surface area contributed by atoms with E-state index in [1.807, 2.05) is 19.9 Å². The van der Waals surface area contributed by atoms with Crippen LogP contribution in [0.3, 0.4) is 0 Å². The van der Waals surface area contributed by atoms with Crippen molar-refractivity contribution in [2.45, 2.75) is 33.7 Å². The fourth-order valence-corrected chi connectivity index (χ4v) is 3.49. The number of aromatic nitrogens is 1. The summed E-state index contributed by atoms with van der Waals surface area (Å²) in [5.41, 5.74) is 2.44. The molecule has 0 atom stereocenters. The number of hydrogen-bond acceptors (Lipinski definition) is 6. The number of esters is 1. The van der Waals surface area contributed by atoms with Gasteiger partial charge in [-0.05, 0) is 38.5 Å². The number of aryl methyl sites for hydroxylation is 2. The van der Waals surface area contributed by atoms with Crippen molar-refractivity contribution in [2.75, 3.05) is 27.3 Å². The summed E-state index contributed by atoms with van der Waals surface area (Å²) in [6.45, 7) is 8.14. The van der Waals surface area contributed by atoms with Crippen LogP contribution in [0.15, 0.2) is 23.2 Å². The van der Waals surface area contributed by atoms with E-state index in [2.05, 4.69) is 27.5 Å². The van der Waals surface area contributed by atoms with Gasteiger partial charge in [0.1, 0.15) is 11.3 Å². The molecule has 0 aliphatic carbocycles. The van der Waals surface area contributed by atoms with E-state index in [9.17, 15) is 4.79 Å². The molecule has 9 heteroatoms. The van der Waals surface area contributed by atoms with E-state index in [1.165, 1.54) is 19.1 Å². The molecular weight excluding hydrogens is 503 g/mol. The molecule has 0 amide bonds. The van der Waals surface area contributed by atoms with Gasteiger partial charge in [-0.25, -0.2) is 14.8 Å². The number of thiazole rings is 1. The second-order valence-electron chi connectivity index (χ2n) is 6.15. The molecule has 0 aliphatic rings. The molecule has 0 spiro atoms. The first kappa shape index (κ1) is 25.2. The third-order valence-corrected chi connectivity index (χ3v) is 5.27. The smallest absolute Gasteiger partial charge is 0.341 e. The van der Waals surface area contributed by atoms with Crippen LogP contribution < -0.4 is 15.4 Å². The number of methoxy groups -OCH3 is 2.